The third-order valence-corrected chi connectivity index (χ3v) is 10.7. The second-order valence-corrected chi connectivity index (χ2v) is 14.6. The summed E-state index contributed by atoms with van der Waals surface area (Å²) in [6.45, 7) is 2.42. The Morgan fingerprint density at radius 3 is 1.53 bits per heavy atom. The number of phenolic OH excluding ortho intramolecular Hbond substituents is 1. The number of aromatic nitrogens is 4. The summed E-state index contributed by atoms with van der Waals surface area (Å²) in [5.74, 6) is 2.70. The highest BCUT2D eigenvalue weighted by Crippen LogP contribution is 2.40. The molecule has 2 aromatic heterocycles. The third-order valence-electron chi connectivity index (χ3n) is 9.31. The maximum absolute atomic E-state index is 14.8. The first-order valence-corrected chi connectivity index (χ1v) is 19.2. The predicted octanol–water partition coefficient (Wildman–Crippen LogP) is 10.4. The monoisotopic (exact) mass is 854 g/mol. The summed E-state index contributed by atoms with van der Waals surface area (Å²) in [6.07, 6.45) is 8.76. The van der Waals surface area contributed by atoms with Gasteiger partial charge in [0.1, 0.15) is 63.0 Å². The molecule has 6 aromatic rings. The van der Waals surface area contributed by atoms with E-state index < -0.39 is 11.6 Å². The van der Waals surface area contributed by atoms with Crippen molar-refractivity contribution in [3.05, 3.63) is 125 Å². The fourth-order valence-electron chi connectivity index (χ4n) is 6.66. The number of halogens is 6. The Kier molecular flexibility index (Phi) is 11.9. The highest BCUT2D eigenvalue weighted by atomic mass is 35.5. The van der Waals surface area contributed by atoms with Crippen molar-refractivity contribution in [1.29, 1.82) is 0 Å². The maximum Gasteiger partial charge on any atom is 0.276 e. The molecule has 0 unspecified atom stereocenters. The van der Waals surface area contributed by atoms with Gasteiger partial charge in [-0.05, 0) is 74.2 Å². The van der Waals surface area contributed by atoms with E-state index in [2.05, 4.69) is 5.92 Å². The summed E-state index contributed by atoms with van der Waals surface area (Å²) in [5.41, 5.74) is -0.421. The summed E-state index contributed by atoms with van der Waals surface area (Å²) in [5, 5.41) is 10.1. The Hall–Kier alpha value is -5.32. The molecule has 0 radical (unpaired) electrons. The fraction of sp³-hybridized carbons (Fsp3) is 0.220. The summed E-state index contributed by atoms with van der Waals surface area (Å²) < 4.78 is 52.8. The van der Waals surface area contributed by atoms with E-state index >= 15 is 0 Å². The second kappa shape index (κ2) is 17.0. The molecule has 16 heteroatoms. The lowest BCUT2D eigenvalue weighted by molar-refractivity contribution is 0.356. The van der Waals surface area contributed by atoms with Crippen molar-refractivity contribution in [3.8, 4) is 69.1 Å². The van der Waals surface area contributed by atoms with Gasteiger partial charge in [0.25, 0.3) is 11.1 Å². The molecule has 0 spiro atoms. The largest absolute Gasteiger partial charge is 0.508 e. The van der Waals surface area contributed by atoms with Crippen LogP contribution >= 0.6 is 46.4 Å². The zero-order valence-corrected chi connectivity index (χ0v) is 32.9. The number of terminal acetylenes is 1. The second-order valence-electron chi connectivity index (χ2n) is 13.0. The molecule has 2 aliphatic heterocycles. The number of nitrogens with zero attached hydrogens (tertiary/aromatic N) is 4. The minimum absolute atomic E-state index is 0.0207. The van der Waals surface area contributed by atoms with Gasteiger partial charge < -0.3 is 19.3 Å². The van der Waals surface area contributed by atoms with E-state index in [1.54, 1.807) is 50.4 Å². The molecular formula is C41H32Cl4F2N4O6. The van der Waals surface area contributed by atoms with Gasteiger partial charge in [0.05, 0.1) is 21.2 Å². The van der Waals surface area contributed by atoms with E-state index in [1.165, 1.54) is 28.9 Å². The van der Waals surface area contributed by atoms with Gasteiger partial charge in [0.15, 0.2) is 0 Å². The SMILES string of the molecule is C#CCOc1cccc(Oc2cc(-c3c(Cl)n4n(c3=O)CCCC4)c(F)cc2Cl)c1.O=c1c(-c2cc(Oc3cccc(O)c3)c(Cl)cc2F)c(Cl)n2n1CCCC2. The summed E-state index contributed by atoms with van der Waals surface area (Å²) >= 11 is 25.1. The van der Waals surface area contributed by atoms with Crippen LogP contribution in [0, 0.1) is 24.0 Å². The lowest BCUT2D eigenvalue weighted by Gasteiger charge is -2.17. The molecule has 0 amide bonds. The Bertz CT molecular complexity index is 2660. The van der Waals surface area contributed by atoms with Gasteiger partial charge in [-0.15, -0.1) is 6.42 Å². The molecule has 0 atom stereocenters. The topological polar surface area (TPSA) is 102 Å². The third kappa shape index (κ3) is 8.25. The normalized spacial score (nSPS) is 13.1. The first-order chi connectivity index (χ1) is 27.4. The number of fused-ring (bicyclic) bond motifs is 2. The molecule has 294 valence electrons. The maximum atomic E-state index is 14.8. The van der Waals surface area contributed by atoms with Gasteiger partial charge in [0.2, 0.25) is 0 Å². The van der Waals surface area contributed by atoms with Crippen molar-refractivity contribution in [3.63, 3.8) is 0 Å². The summed E-state index contributed by atoms with van der Waals surface area (Å²) in [7, 11) is 0. The zero-order chi connectivity index (χ0) is 40.4. The molecule has 0 bridgehead atoms. The number of aromatic hydroxyl groups is 1. The van der Waals surface area contributed by atoms with Crippen LogP contribution in [0.4, 0.5) is 8.78 Å². The van der Waals surface area contributed by atoms with Gasteiger partial charge in [0, 0.05) is 49.4 Å². The Balaban J connectivity index is 0.000000175. The lowest BCUT2D eigenvalue weighted by Crippen LogP contribution is -2.27. The van der Waals surface area contributed by atoms with Crippen LogP contribution in [-0.2, 0) is 26.2 Å². The number of ether oxygens (including phenoxy) is 3. The molecule has 57 heavy (non-hydrogen) atoms. The molecule has 0 saturated carbocycles. The zero-order valence-electron chi connectivity index (χ0n) is 29.9. The lowest BCUT2D eigenvalue weighted by atomic mass is 10.1. The molecule has 8 rings (SSSR count). The quantitative estimate of drug-likeness (QED) is 0.153. The molecule has 4 heterocycles. The number of rotatable bonds is 8. The molecule has 0 fully saturated rings. The number of phenols is 1. The minimum atomic E-state index is -0.661. The van der Waals surface area contributed by atoms with Crippen molar-refractivity contribution in [2.75, 3.05) is 6.61 Å². The van der Waals surface area contributed by atoms with Crippen molar-refractivity contribution < 1.29 is 28.1 Å². The summed E-state index contributed by atoms with van der Waals surface area (Å²) in [4.78, 5) is 25.6. The minimum Gasteiger partial charge on any atom is -0.508 e. The first kappa shape index (κ1) is 39.9. The van der Waals surface area contributed by atoms with Crippen molar-refractivity contribution >= 4 is 46.4 Å². The first-order valence-electron chi connectivity index (χ1n) is 17.7. The van der Waals surface area contributed by atoms with Crippen LogP contribution in [0.2, 0.25) is 20.4 Å². The molecule has 0 aliphatic carbocycles. The smallest absolute Gasteiger partial charge is 0.276 e. The van der Waals surface area contributed by atoms with Crippen molar-refractivity contribution in [2.45, 2.75) is 51.9 Å². The van der Waals surface area contributed by atoms with Gasteiger partial charge in [-0.2, -0.15) is 0 Å². The van der Waals surface area contributed by atoms with Crippen LogP contribution in [-0.4, -0.2) is 30.4 Å². The highest BCUT2D eigenvalue weighted by molar-refractivity contribution is 6.34. The Labute approximate surface area is 344 Å². The Morgan fingerprint density at radius 1 is 0.632 bits per heavy atom. The molecule has 4 aromatic carbocycles. The average molecular weight is 857 g/mol. The molecule has 0 saturated heterocycles. The van der Waals surface area contributed by atoms with Gasteiger partial charge in [-0.1, -0.05) is 64.5 Å². The van der Waals surface area contributed by atoms with E-state index in [0.717, 1.165) is 37.8 Å². The number of hydrogen-bond acceptors (Lipinski definition) is 6. The predicted molar refractivity (Wildman–Crippen MR) is 216 cm³/mol. The van der Waals surface area contributed by atoms with Crippen LogP contribution in [0.5, 0.6) is 34.5 Å². The Morgan fingerprint density at radius 2 is 1.07 bits per heavy atom. The van der Waals surface area contributed by atoms with Crippen LogP contribution < -0.4 is 25.3 Å². The van der Waals surface area contributed by atoms with Crippen LogP contribution in [0.25, 0.3) is 22.3 Å². The summed E-state index contributed by atoms with van der Waals surface area (Å²) in [6, 6.07) is 17.9. The van der Waals surface area contributed by atoms with Gasteiger partial charge in [-0.3, -0.25) is 19.0 Å². The van der Waals surface area contributed by atoms with Gasteiger partial charge >= 0.3 is 0 Å². The number of benzene rings is 4. The molecule has 1 N–H and O–H groups in total. The van der Waals surface area contributed by atoms with E-state index in [-0.39, 0.29) is 77.6 Å². The van der Waals surface area contributed by atoms with Crippen molar-refractivity contribution in [1.82, 2.24) is 18.7 Å². The van der Waals surface area contributed by atoms with Crippen LogP contribution in [0.1, 0.15) is 25.7 Å². The van der Waals surface area contributed by atoms with Crippen LogP contribution in [0.3, 0.4) is 0 Å². The highest BCUT2D eigenvalue weighted by Gasteiger charge is 2.27. The molecule has 10 nitrogen and oxygen atoms in total. The average Bonchev–Trinajstić information content (AvgIpc) is 3.60. The standard InChI is InChI=1S/C22H17Cl2FN2O3.C19H15Cl2FN2O3/c1-2-10-29-14-6-5-7-15(11-14)30-19-12-16(18(25)13-17(19)23)20-21(24)26-8-3-4-9-27(26)22(20)28;20-14-10-15(22)13(9-16(14)27-12-5-3-4-11(25)8-12)17-18(21)23-6-1-2-7-24(23)19(17)26/h1,5-7,11-13H,3-4,8-10H2;3-5,8-10,25H,1-2,6-7H2. The van der Waals surface area contributed by atoms with E-state index in [1.807, 2.05) is 0 Å². The van der Waals surface area contributed by atoms with Crippen molar-refractivity contribution in [2.24, 2.45) is 0 Å². The van der Waals surface area contributed by atoms with E-state index in [9.17, 15) is 23.5 Å². The molecule has 2 aliphatic rings. The van der Waals surface area contributed by atoms with Gasteiger partial charge in [-0.25, -0.2) is 18.1 Å². The fourth-order valence-corrected chi connectivity index (χ4v) is 7.75. The van der Waals surface area contributed by atoms with E-state index in [4.69, 9.17) is 67.0 Å². The number of hydrogen-bond donors (Lipinski definition) is 1. The molecular weight excluding hydrogens is 824 g/mol. The van der Waals surface area contributed by atoms with Crippen LogP contribution in [0.15, 0.2) is 82.4 Å². The van der Waals surface area contributed by atoms with E-state index in [0.29, 0.717) is 43.4 Å².